The number of carbonyl (C=O) groups is 1. The van der Waals surface area contributed by atoms with Gasteiger partial charge < -0.3 is 10.1 Å². The van der Waals surface area contributed by atoms with E-state index in [1.807, 2.05) is 5.38 Å². The molecule has 0 saturated heterocycles. The Labute approximate surface area is 202 Å². The van der Waals surface area contributed by atoms with Gasteiger partial charge in [0.25, 0.3) is 5.91 Å². The number of thiophene rings is 1. The molecule has 0 saturated carbocycles. The topological polar surface area (TPSA) is 56.2 Å². The number of anilines is 1. The lowest BCUT2D eigenvalue weighted by molar-refractivity contribution is 0.103. The molecule has 0 atom stereocenters. The number of aromatic nitrogens is 2. The van der Waals surface area contributed by atoms with E-state index < -0.39 is 5.82 Å². The van der Waals surface area contributed by atoms with E-state index >= 15 is 0 Å². The summed E-state index contributed by atoms with van der Waals surface area (Å²) in [6.45, 7) is 0.369. The number of halogens is 4. The molecule has 164 valence electrons. The summed E-state index contributed by atoms with van der Waals surface area (Å²) in [4.78, 5) is 13.1. The summed E-state index contributed by atoms with van der Waals surface area (Å²) >= 11 is 19.5. The van der Waals surface area contributed by atoms with E-state index in [0.717, 1.165) is 5.56 Å². The van der Waals surface area contributed by atoms with Crippen LogP contribution >= 0.6 is 46.1 Å². The summed E-state index contributed by atoms with van der Waals surface area (Å²) in [5.41, 5.74) is 1.12. The van der Waals surface area contributed by atoms with Crippen molar-refractivity contribution in [3.8, 4) is 5.75 Å². The zero-order chi connectivity index (χ0) is 22.7. The van der Waals surface area contributed by atoms with Crippen LogP contribution < -0.4 is 10.1 Å². The van der Waals surface area contributed by atoms with Gasteiger partial charge in [0.2, 0.25) is 0 Å². The molecule has 32 heavy (non-hydrogen) atoms. The standard InChI is InChI=1S/C22H15Cl3FN3O2S/c23-14-3-1-4-15(8-14)31-11-13-7-20(32-12-13)22(30)27-21-18(25)10-29(28-21)9-16-17(24)5-2-6-19(16)26/h1-8,10,12H,9,11H2,(H,27,28,30). The van der Waals surface area contributed by atoms with E-state index in [4.69, 9.17) is 39.5 Å². The fourth-order valence-corrected chi connectivity index (χ4v) is 4.26. The highest BCUT2D eigenvalue weighted by Gasteiger charge is 2.16. The summed E-state index contributed by atoms with van der Waals surface area (Å²) in [7, 11) is 0. The number of benzene rings is 2. The van der Waals surface area contributed by atoms with Gasteiger partial charge >= 0.3 is 0 Å². The number of hydrogen-bond acceptors (Lipinski definition) is 4. The maximum Gasteiger partial charge on any atom is 0.266 e. The predicted molar refractivity (Wildman–Crippen MR) is 126 cm³/mol. The molecule has 0 aliphatic rings. The summed E-state index contributed by atoms with van der Waals surface area (Å²) in [6.07, 6.45) is 1.50. The fourth-order valence-electron chi connectivity index (χ4n) is 2.87. The van der Waals surface area contributed by atoms with Crippen molar-refractivity contribution in [2.75, 3.05) is 5.32 Å². The number of ether oxygens (including phenoxy) is 1. The number of nitrogens with one attached hydrogen (secondary N) is 1. The SMILES string of the molecule is O=C(Nc1nn(Cc2c(F)cccc2Cl)cc1Cl)c1cc(COc2cccc(Cl)c2)cs1. The van der Waals surface area contributed by atoms with E-state index in [-0.39, 0.29) is 33.9 Å². The average molecular weight is 511 g/mol. The molecule has 1 N–H and O–H groups in total. The molecule has 2 aromatic heterocycles. The minimum atomic E-state index is -0.444. The Bertz CT molecular complexity index is 1250. The molecule has 2 heterocycles. The maximum atomic E-state index is 14.0. The zero-order valence-electron chi connectivity index (χ0n) is 16.3. The Hall–Kier alpha value is -2.58. The van der Waals surface area contributed by atoms with Crippen molar-refractivity contribution < 1.29 is 13.9 Å². The predicted octanol–water partition coefficient (Wildman–Crippen LogP) is 6.92. The molecular formula is C22H15Cl3FN3O2S. The van der Waals surface area contributed by atoms with Gasteiger partial charge in [0.15, 0.2) is 5.82 Å². The summed E-state index contributed by atoms with van der Waals surface area (Å²) in [5.74, 6) is 0.0112. The second-order valence-corrected chi connectivity index (χ2v) is 8.90. The van der Waals surface area contributed by atoms with Gasteiger partial charge in [-0.05, 0) is 41.8 Å². The van der Waals surface area contributed by atoms with Crippen LogP contribution in [0.25, 0.3) is 0 Å². The molecule has 10 heteroatoms. The maximum absolute atomic E-state index is 14.0. The van der Waals surface area contributed by atoms with E-state index in [1.54, 1.807) is 36.4 Å². The smallest absolute Gasteiger partial charge is 0.266 e. The second-order valence-electron chi connectivity index (χ2n) is 6.74. The monoisotopic (exact) mass is 509 g/mol. The molecule has 0 fully saturated rings. The Kier molecular flexibility index (Phi) is 7.01. The molecular weight excluding hydrogens is 496 g/mol. The average Bonchev–Trinajstić information content (AvgIpc) is 3.36. The molecule has 0 bridgehead atoms. The Morgan fingerprint density at radius 2 is 1.94 bits per heavy atom. The van der Waals surface area contributed by atoms with Gasteiger partial charge in [-0.2, -0.15) is 5.10 Å². The minimum Gasteiger partial charge on any atom is -0.489 e. The molecule has 4 rings (SSSR count). The highest BCUT2D eigenvalue weighted by atomic mass is 35.5. The van der Waals surface area contributed by atoms with Crippen molar-refractivity contribution in [3.05, 3.63) is 97.0 Å². The number of hydrogen-bond donors (Lipinski definition) is 1. The molecule has 2 aromatic carbocycles. The van der Waals surface area contributed by atoms with Crippen molar-refractivity contribution in [1.29, 1.82) is 0 Å². The number of rotatable bonds is 7. The first-order valence-electron chi connectivity index (χ1n) is 9.32. The molecule has 0 unspecified atom stereocenters. The quantitative estimate of drug-likeness (QED) is 0.293. The van der Waals surface area contributed by atoms with Crippen LogP contribution in [-0.2, 0) is 13.2 Å². The fraction of sp³-hybridized carbons (Fsp3) is 0.0909. The lowest BCUT2D eigenvalue weighted by Gasteiger charge is -2.06. The second kappa shape index (κ2) is 9.92. The van der Waals surface area contributed by atoms with Gasteiger partial charge in [0.1, 0.15) is 23.2 Å². The lowest BCUT2D eigenvalue weighted by atomic mass is 10.2. The molecule has 0 aliphatic heterocycles. The van der Waals surface area contributed by atoms with Crippen LogP contribution in [0.1, 0.15) is 20.8 Å². The number of carbonyl (C=O) groups excluding carboxylic acids is 1. The number of nitrogens with zero attached hydrogens (tertiary/aromatic N) is 2. The third-order valence-electron chi connectivity index (χ3n) is 4.41. The van der Waals surface area contributed by atoms with Gasteiger partial charge in [0, 0.05) is 27.4 Å². The van der Waals surface area contributed by atoms with Crippen molar-refractivity contribution >= 4 is 57.9 Å². The Morgan fingerprint density at radius 1 is 1.12 bits per heavy atom. The van der Waals surface area contributed by atoms with Gasteiger partial charge in [0.05, 0.1) is 11.4 Å². The first-order valence-corrected chi connectivity index (χ1v) is 11.3. The molecule has 4 aromatic rings. The van der Waals surface area contributed by atoms with Crippen molar-refractivity contribution in [2.45, 2.75) is 13.2 Å². The largest absolute Gasteiger partial charge is 0.489 e. The summed E-state index contributed by atoms with van der Waals surface area (Å²) < 4.78 is 21.1. The molecule has 0 aliphatic carbocycles. The Balaban J connectivity index is 1.40. The molecule has 0 spiro atoms. The van der Waals surface area contributed by atoms with Crippen LogP contribution in [0.4, 0.5) is 10.2 Å². The van der Waals surface area contributed by atoms with Crippen LogP contribution in [0.15, 0.2) is 60.1 Å². The van der Waals surface area contributed by atoms with Crippen LogP contribution in [0.2, 0.25) is 15.1 Å². The minimum absolute atomic E-state index is 0.0745. The van der Waals surface area contributed by atoms with Crippen LogP contribution in [0.5, 0.6) is 5.75 Å². The van der Waals surface area contributed by atoms with E-state index in [2.05, 4.69) is 10.4 Å². The van der Waals surface area contributed by atoms with Crippen molar-refractivity contribution in [2.24, 2.45) is 0 Å². The zero-order valence-corrected chi connectivity index (χ0v) is 19.4. The molecule has 1 amide bonds. The van der Waals surface area contributed by atoms with E-state index in [0.29, 0.717) is 22.3 Å². The van der Waals surface area contributed by atoms with Gasteiger partial charge in [-0.25, -0.2) is 4.39 Å². The highest BCUT2D eigenvalue weighted by Crippen LogP contribution is 2.25. The first-order chi connectivity index (χ1) is 15.4. The van der Waals surface area contributed by atoms with Crippen LogP contribution in [0, 0.1) is 5.82 Å². The van der Waals surface area contributed by atoms with Crippen molar-refractivity contribution in [1.82, 2.24) is 9.78 Å². The van der Waals surface area contributed by atoms with Gasteiger partial charge in [-0.15, -0.1) is 11.3 Å². The Morgan fingerprint density at radius 3 is 2.72 bits per heavy atom. The normalized spacial score (nSPS) is 10.9. The van der Waals surface area contributed by atoms with Gasteiger partial charge in [-0.3, -0.25) is 9.48 Å². The van der Waals surface area contributed by atoms with E-state index in [1.165, 1.54) is 34.3 Å². The lowest BCUT2D eigenvalue weighted by Crippen LogP contribution is -2.12. The molecule has 0 radical (unpaired) electrons. The third kappa shape index (κ3) is 5.42. The van der Waals surface area contributed by atoms with Crippen LogP contribution in [0.3, 0.4) is 0 Å². The first kappa shape index (κ1) is 22.6. The summed E-state index contributed by atoms with van der Waals surface area (Å²) in [5, 5.41) is 9.85. The van der Waals surface area contributed by atoms with Crippen molar-refractivity contribution in [3.63, 3.8) is 0 Å². The molecule has 5 nitrogen and oxygen atoms in total. The summed E-state index contributed by atoms with van der Waals surface area (Å²) in [6, 6.07) is 13.3. The third-order valence-corrected chi connectivity index (χ3v) is 6.25. The van der Waals surface area contributed by atoms with Crippen LogP contribution in [-0.4, -0.2) is 15.7 Å². The number of amides is 1. The van der Waals surface area contributed by atoms with E-state index in [9.17, 15) is 9.18 Å². The highest BCUT2D eigenvalue weighted by molar-refractivity contribution is 7.12. The van der Waals surface area contributed by atoms with Gasteiger partial charge in [-0.1, -0.05) is 46.9 Å².